The van der Waals surface area contributed by atoms with Gasteiger partial charge >= 0.3 is 0 Å². The summed E-state index contributed by atoms with van der Waals surface area (Å²) in [5.74, 6) is -2.10. The Morgan fingerprint density at radius 2 is 1.72 bits per heavy atom. The lowest BCUT2D eigenvalue weighted by molar-refractivity contribution is 0.500. The van der Waals surface area contributed by atoms with Crippen molar-refractivity contribution in [1.82, 2.24) is 0 Å². The van der Waals surface area contributed by atoms with Crippen LogP contribution in [0.15, 0.2) is 36.4 Å². The molecule has 1 unspecified atom stereocenters. The summed E-state index contributed by atoms with van der Waals surface area (Å²) >= 11 is 3.31. The van der Waals surface area contributed by atoms with Crippen LogP contribution in [0.25, 0.3) is 0 Å². The molecular formula is C14H10BrF3. The highest BCUT2D eigenvalue weighted by Crippen LogP contribution is 2.33. The van der Waals surface area contributed by atoms with E-state index in [2.05, 4.69) is 15.9 Å². The second kappa shape index (κ2) is 5.14. The van der Waals surface area contributed by atoms with E-state index in [4.69, 9.17) is 0 Å². The number of hydrogen-bond acceptors (Lipinski definition) is 0. The predicted molar refractivity (Wildman–Crippen MR) is 68.3 cm³/mol. The standard InChI is InChI=1S/C14H10BrF3/c1-8-7-9(5-6-11(8)16)13(15)10-3-2-4-12(17)14(10)18/h2-7,13H,1H3. The number of rotatable bonds is 2. The fourth-order valence-corrected chi connectivity index (χ4v) is 2.36. The fourth-order valence-electron chi connectivity index (χ4n) is 1.72. The average Bonchev–Trinajstić information content (AvgIpc) is 2.35. The molecule has 0 nitrogen and oxygen atoms in total. The third-order valence-electron chi connectivity index (χ3n) is 2.73. The van der Waals surface area contributed by atoms with E-state index < -0.39 is 16.5 Å². The van der Waals surface area contributed by atoms with Crippen LogP contribution in [0.4, 0.5) is 13.2 Å². The van der Waals surface area contributed by atoms with Crippen molar-refractivity contribution in [2.24, 2.45) is 0 Å². The average molecular weight is 315 g/mol. The van der Waals surface area contributed by atoms with E-state index in [1.807, 2.05) is 0 Å². The van der Waals surface area contributed by atoms with E-state index in [1.54, 1.807) is 19.1 Å². The largest absolute Gasteiger partial charge is 0.207 e. The highest BCUT2D eigenvalue weighted by molar-refractivity contribution is 9.09. The normalized spacial score (nSPS) is 12.5. The van der Waals surface area contributed by atoms with Gasteiger partial charge in [-0.1, -0.05) is 40.2 Å². The van der Waals surface area contributed by atoms with Crippen LogP contribution in [0.1, 0.15) is 21.5 Å². The zero-order valence-corrected chi connectivity index (χ0v) is 11.1. The molecule has 94 valence electrons. The molecule has 0 N–H and O–H groups in total. The van der Waals surface area contributed by atoms with E-state index in [0.29, 0.717) is 11.1 Å². The van der Waals surface area contributed by atoms with Crippen LogP contribution in [0.3, 0.4) is 0 Å². The molecule has 0 aliphatic heterocycles. The molecule has 0 amide bonds. The molecule has 0 aliphatic carbocycles. The Hall–Kier alpha value is -1.29. The third kappa shape index (κ3) is 2.43. The molecule has 2 aromatic carbocycles. The summed E-state index contributed by atoms with van der Waals surface area (Å²) in [6.07, 6.45) is 0. The topological polar surface area (TPSA) is 0 Å². The van der Waals surface area contributed by atoms with Crippen molar-refractivity contribution in [3.05, 3.63) is 70.5 Å². The van der Waals surface area contributed by atoms with Gasteiger partial charge in [0.2, 0.25) is 0 Å². The van der Waals surface area contributed by atoms with Crippen LogP contribution in [0.5, 0.6) is 0 Å². The van der Waals surface area contributed by atoms with Gasteiger partial charge in [0, 0.05) is 5.56 Å². The fraction of sp³-hybridized carbons (Fsp3) is 0.143. The van der Waals surface area contributed by atoms with Crippen molar-refractivity contribution in [2.75, 3.05) is 0 Å². The van der Waals surface area contributed by atoms with Gasteiger partial charge < -0.3 is 0 Å². The van der Waals surface area contributed by atoms with E-state index in [0.717, 1.165) is 6.07 Å². The number of benzene rings is 2. The first-order chi connectivity index (χ1) is 8.50. The highest BCUT2D eigenvalue weighted by Gasteiger charge is 2.17. The van der Waals surface area contributed by atoms with Crippen molar-refractivity contribution in [3.8, 4) is 0 Å². The molecule has 4 heteroatoms. The molecule has 0 fully saturated rings. The Morgan fingerprint density at radius 3 is 2.39 bits per heavy atom. The maximum absolute atomic E-state index is 13.6. The summed E-state index contributed by atoms with van der Waals surface area (Å²) in [7, 11) is 0. The summed E-state index contributed by atoms with van der Waals surface area (Å²) in [5.41, 5.74) is 1.34. The van der Waals surface area contributed by atoms with E-state index in [9.17, 15) is 13.2 Å². The van der Waals surface area contributed by atoms with Gasteiger partial charge in [-0.05, 0) is 30.2 Å². The first-order valence-electron chi connectivity index (χ1n) is 5.34. The second-order valence-corrected chi connectivity index (χ2v) is 4.93. The minimum Gasteiger partial charge on any atom is -0.207 e. The van der Waals surface area contributed by atoms with Crippen LogP contribution in [0, 0.1) is 24.4 Å². The van der Waals surface area contributed by atoms with Gasteiger partial charge in [0.1, 0.15) is 5.82 Å². The molecule has 2 rings (SSSR count). The molecule has 0 aromatic heterocycles. The zero-order chi connectivity index (χ0) is 13.3. The maximum atomic E-state index is 13.6. The van der Waals surface area contributed by atoms with Gasteiger partial charge in [-0.2, -0.15) is 0 Å². The minimum atomic E-state index is -0.893. The lowest BCUT2D eigenvalue weighted by atomic mass is 10.0. The molecule has 0 radical (unpaired) electrons. The Kier molecular flexibility index (Phi) is 3.76. The number of alkyl halides is 1. The monoisotopic (exact) mass is 314 g/mol. The van der Waals surface area contributed by atoms with Crippen molar-refractivity contribution < 1.29 is 13.2 Å². The van der Waals surface area contributed by atoms with Gasteiger partial charge in [0.15, 0.2) is 11.6 Å². The zero-order valence-electron chi connectivity index (χ0n) is 9.55. The van der Waals surface area contributed by atoms with E-state index in [1.165, 1.54) is 18.2 Å². The SMILES string of the molecule is Cc1cc(C(Br)c2cccc(F)c2F)ccc1F. The van der Waals surface area contributed by atoms with Crippen LogP contribution in [-0.4, -0.2) is 0 Å². The van der Waals surface area contributed by atoms with Crippen LogP contribution in [-0.2, 0) is 0 Å². The molecule has 2 aromatic rings. The van der Waals surface area contributed by atoms with Gasteiger partial charge in [0.05, 0.1) is 4.83 Å². The summed E-state index contributed by atoms with van der Waals surface area (Å²) < 4.78 is 39.9. The van der Waals surface area contributed by atoms with Gasteiger partial charge in [-0.3, -0.25) is 0 Å². The molecule has 0 heterocycles. The first-order valence-corrected chi connectivity index (χ1v) is 6.26. The smallest absolute Gasteiger partial charge is 0.163 e. The molecule has 0 aliphatic rings. The molecular weight excluding hydrogens is 305 g/mol. The Bertz CT molecular complexity index is 581. The Morgan fingerprint density at radius 1 is 1.00 bits per heavy atom. The quantitative estimate of drug-likeness (QED) is 0.692. The lowest BCUT2D eigenvalue weighted by Crippen LogP contribution is -1.99. The number of hydrogen-bond donors (Lipinski definition) is 0. The molecule has 0 spiro atoms. The Balaban J connectivity index is 2.44. The summed E-state index contributed by atoms with van der Waals surface area (Å²) in [6.45, 7) is 1.63. The van der Waals surface area contributed by atoms with E-state index in [-0.39, 0.29) is 11.4 Å². The number of aryl methyl sites for hydroxylation is 1. The van der Waals surface area contributed by atoms with Crippen LogP contribution in [0.2, 0.25) is 0 Å². The molecule has 1 atom stereocenters. The lowest BCUT2D eigenvalue weighted by Gasteiger charge is -2.13. The maximum Gasteiger partial charge on any atom is 0.163 e. The third-order valence-corrected chi connectivity index (χ3v) is 3.75. The summed E-state index contributed by atoms with van der Waals surface area (Å²) in [6, 6.07) is 8.48. The second-order valence-electron chi connectivity index (χ2n) is 4.01. The van der Waals surface area contributed by atoms with Crippen molar-refractivity contribution in [3.63, 3.8) is 0 Å². The molecule has 0 saturated heterocycles. The first kappa shape index (κ1) is 13.1. The van der Waals surface area contributed by atoms with Gasteiger partial charge in [0.25, 0.3) is 0 Å². The van der Waals surface area contributed by atoms with Gasteiger partial charge in [-0.25, -0.2) is 13.2 Å². The van der Waals surface area contributed by atoms with E-state index >= 15 is 0 Å². The van der Waals surface area contributed by atoms with Crippen molar-refractivity contribution >= 4 is 15.9 Å². The molecule has 0 bridgehead atoms. The Labute approximate surface area is 112 Å². The van der Waals surface area contributed by atoms with Crippen LogP contribution >= 0.6 is 15.9 Å². The molecule has 18 heavy (non-hydrogen) atoms. The minimum absolute atomic E-state index is 0.195. The van der Waals surface area contributed by atoms with Gasteiger partial charge in [-0.15, -0.1) is 0 Å². The van der Waals surface area contributed by atoms with Crippen molar-refractivity contribution in [2.45, 2.75) is 11.8 Å². The van der Waals surface area contributed by atoms with Crippen molar-refractivity contribution in [1.29, 1.82) is 0 Å². The highest BCUT2D eigenvalue weighted by atomic mass is 79.9. The predicted octanol–water partition coefficient (Wildman–Crippen LogP) is 4.90. The summed E-state index contributed by atoms with van der Waals surface area (Å²) in [4.78, 5) is -0.507. The van der Waals surface area contributed by atoms with Crippen LogP contribution < -0.4 is 0 Å². The molecule has 0 saturated carbocycles. The summed E-state index contributed by atoms with van der Waals surface area (Å²) in [5, 5.41) is 0. The number of halogens is 4.